The van der Waals surface area contributed by atoms with Gasteiger partial charge in [0.2, 0.25) is 29.5 Å². The molecule has 0 radical (unpaired) electrons. The molecule has 0 aromatic carbocycles. The normalized spacial score (nSPS) is 15.8. The number of aliphatic hydroxyl groups is 1. The minimum absolute atomic E-state index is 0.0841. The number of likely N-dealkylation sites (N-methyl/N-ethyl adjacent to an activating group) is 4. The van der Waals surface area contributed by atoms with Crippen LogP contribution in [0.25, 0.3) is 0 Å². The van der Waals surface area contributed by atoms with E-state index in [1.165, 1.54) is 21.7 Å². The Morgan fingerprint density at radius 2 is 1.24 bits per heavy atom. The number of allylic oxidation sites excluding steroid dienone is 2. The summed E-state index contributed by atoms with van der Waals surface area (Å²) < 4.78 is 0. The van der Waals surface area contributed by atoms with Gasteiger partial charge >= 0.3 is 0 Å². The Kier molecular flexibility index (Phi) is 18.4. The van der Waals surface area contributed by atoms with Crippen LogP contribution in [0.5, 0.6) is 0 Å². The van der Waals surface area contributed by atoms with Gasteiger partial charge in [-0.25, -0.2) is 0 Å². The van der Waals surface area contributed by atoms with Crippen molar-refractivity contribution in [3.05, 3.63) is 12.2 Å². The van der Waals surface area contributed by atoms with E-state index in [1.807, 2.05) is 60.6 Å². The second-order valence-electron chi connectivity index (χ2n) is 14.1. The maximum atomic E-state index is 14.3. The van der Waals surface area contributed by atoms with E-state index in [1.54, 1.807) is 53.7 Å². The van der Waals surface area contributed by atoms with E-state index in [2.05, 4.69) is 5.32 Å². The molecule has 1 unspecified atom stereocenters. The topological polar surface area (TPSA) is 131 Å². The summed E-state index contributed by atoms with van der Waals surface area (Å²) >= 11 is 0. The molecule has 0 aromatic heterocycles. The Balaban J connectivity index is 6.72. The fourth-order valence-corrected chi connectivity index (χ4v) is 5.51. The van der Waals surface area contributed by atoms with Crippen LogP contribution < -0.4 is 5.32 Å². The zero-order chi connectivity index (χ0) is 36.2. The van der Waals surface area contributed by atoms with Crippen LogP contribution in [-0.2, 0) is 24.0 Å². The predicted octanol–water partition coefficient (Wildman–Crippen LogP) is 3.55. The molecule has 2 N–H and O–H groups in total. The van der Waals surface area contributed by atoms with Gasteiger partial charge in [0.25, 0.3) is 0 Å². The van der Waals surface area contributed by atoms with E-state index < -0.39 is 48.0 Å². The summed E-state index contributed by atoms with van der Waals surface area (Å²) in [4.78, 5) is 74.0. The number of aliphatic hydroxyl groups excluding tert-OH is 1. The van der Waals surface area contributed by atoms with E-state index in [0.717, 1.165) is 0 Å². The summed E-state index contributed by atoms with van der Waals surface area (Å²) in [5, 5.41) is 14.3. The smallest absolute Gasteiger partial charge is 0.246 e. The van der Waals surface area contributed by atoms with Gasteiger partial charge in [0.15, 0.2) is 0 Å². The van der Waals surface area contributed by atoms with Gasteiger partial charge in [0, 0.05) is 40.2 Å². The second kappa shape index (κ2) is 19.7. The Morgan fingerprint density at radius 3 is 1.65 bits per heavy atom. The lowest BCUT2D eigenvalue weighted by Gasteiger charge is -2.41. The summed E-state index contributed by atoms with van der Waals surface area (Å²) in [5.41, 5.74) is 0. The third kappa shape index (κ3) is 11.7. The number of carbonyl (C=O) groups is 5. The molecule has 11 nitrogen and oxygen atoms in total. The van der Waals surface area contributed by atoms with E-state index in [0.29, 0.717) is 19.3 Å². The molecule has 0 spiro atoms. The van der Waals surface area contributed by atoms with Crippen LogP contribution in [-0.4, -0.2) is 119 Å². The van der Waals surface area contributed by atoms with Crippen molar-refractivity contribution in [2.24, 2.45) is 23.7 Å². The SMILES string of the molecule is C/C=C/C[C@@H](C)[C@@H](O)[C@@H](C(=O)NC(CC)C(=O)N(C)C(C)C)N(C)C(=O)[C@H](C(C)C)N(C)C(=O)[C@H](CC(C)C)N(C)C(=O)C(C)C. The van der Waals surface area contributed by atoms with Gasteiger partial charge in [0.1, 0.15) is 24.2 Å². The molecular weight excluding hydrogens is 586 g/mol. The van der Waals surface area contributed by atoms with Gasteiger partial charge in [-0.3, -0.25) is 24.0 Å². The minimum atomic E-state index is -1.33. The van der Waals surface area contributed by atoms with Crippen molar-refractivity contribution in [1.82, 2.24) is 24.9 Å². The molecule has 0 saturated heterocycles. The van der Waals surface area contributed by atoms with Crippen molar-refractivity contribution >= 4 is 29.5 Å². The summed E-state index contributed by atoms with van der Waals surface area (Å²) in [6.45, 7) is 20.3. The molecule has 5 amide bonds. The lowest BCUT2D eigenvalue weighted by molar-refractivity contribution is -0.156. The van der Waals surface area contributed by atoms with Crippen molar-refractivity contribution in [2.45, 2.75) is 132 Å². The van der Waals surface area contributed by atoms with Crippen LogP contribution in [0, 0.1) is 23.7 Å². The van der Waals surface area contributed by atoms with Crippen LogP contribution >= 0.6 is 0 Å². The number of amides is 5. The van der Waals surface area contributed by atoms with Crippen LogP contribution in [0.4, 0.5) is 0 Å². The first kappa shape index (κ1) is 43.0. The molecule has 6 atom stereocenters. The van der Waals surface area contributed by atoms with Gasteiger partial charge in [0.05, 0.1) is 6.10 Å². The first-order valence-corrected chi connectivity index (χ1v) is 16.8. The molecule has 46 heavy (non-hydrogen) atoms. The standard InChI is InChI=1S/C35H65N5O6/c1-16-18-19-25(11)30(41)29(31(42)36-26(17-2)33(44)37(12)24(9)10)40(15)35(46)28(22(5)6)39(14)34(45)27(20-21(3)4)38(13)32(43)23(7)8/h16,18,21-30,41H,17,19-20H2,1-15H3,(H,36,42)/b18-16+/t25-,26?,27+,28+,29+,30-/m1/s1. The number of rotatable bonds is 18. The Bertz CT molecular complexity index is 1040. The second-order valence-corrected chi connectivity index (χ2v) is 14.1. The van der Waals surface area contributed by atoms with Crippen molar-refractivity contribution in [1.29, 1.82) is 0 Å². The molecule has 266 valence electrons. The van der Waals surface area contributed by atoms with Crippen molar-refractivity contribution < 1.29 is 29.1 Å². The van der Waals surface area contributed by atoms with E-state index in [9.17, 15) is 29.1 Å². The lowest BCUT2D eigenvalue weighted by atomic mass is 9.91. The van der Waals surface area contributed by atoms with Crippen molar-refractivity contribution in [3.63, 3.8) is 0 Å². The van der Waals surface area contributed by atoms with Crippen LogP contribution in [0.2, 0.25) is 0 Å². The molecule has 0 aromatic rings. The van der Waals surface area contributed by atoms with Gasteiger partial charge in [-0.1, -0.05) is 67.5 Å². The fraction of sp³-hybridized carbons (Fsp3) is 0.800. The highest BCUT2D eigenvalue weighted by atomic mass is 16.3. The molecule has 0 fully saturated rings. The first-order valence-electron chi connectivity index (χ1n) is 16.8. The molecule has 0 aliphatic carbocycles. The number of hydrogen-bond donors (Lipinski definition) is 2. The molecule has 11 heteroatoms. The zero-order valence-electron chi connectivity index (χ0n) is 31.3. The minimum Gasteiger partial charge on any atom is -0.390 e. The number of carbonyl (C=O) groups excluding carboxylic acids is 5. The molecular formula is C35H65N5O6. The molecule has 0 rings (SSSR count). The summed E-state index contributed by atoms with van der Waals surface area (Å²) in [6, 6.07) is -4.03. The maximum absolute atomic E-state index is 14.3. The van der Waals surface area contributed by atoms with Crippen molar-refractivity contribution in [3.8, 4) is 0 Å². The third-order valence-corrected chi connectivity index (χ3v) is 8.77. The zero-order valence-corrected chi connectivity index (χ0v) is 31.3. The fourth-order valence-electron chi connectivity index (χ4n) is 5.51. The van der Waals surface area contributed by atoms with E-state index >= 15 is 0 Å². The number of nitrogens with one attached hydrogen (secondary N) is 1. The average molecular weight is 652 g/mol. The highest BCUT2D eigenvalue weighted by Gasteiger charge is 2.43. The van der Waals surface area contributed by atoms with Crippen molar-refractivity contribution in [2.75, 3.05) is 28.2 Å². The molecule has 0 heterocycles. The summed E-state index contributed by atoms with van der Waals surface area (Å²) in [5.74, 6) is -2.95. The Morgan fingerprint density at radius 1 is 0.717 bits per heavy atom. The highest BCUT2D eigenvalue weighted by Crippen LogP contribution is 2.23. The monoisotopic (exact) mass is 651 g/mol. The average Bonchev–Trinajstić information content (AvgIpc) is 2.98. The molecule has 0 aliphatic heterocycles. The molecule has 0 bridgehead atoms. The summed E-state index contributed by atoms with van der Waals surface area (Å²) in [7, 11) is 6.29. The molecule has 0 saturated carbocycles. The lowest BCUT2D eigenvalue weighted by Crippen LogP contribution is -2.63. The Labute approximate surface area is 279 Å². The predicted molar refractivity (Wildman–Crippen MR) is 184 cm³/mol. The van der Waals surface area contributed by atoms with E-state index in [4.69, 9.17) is 0 Å². The van der Waals surface area contributed by atoms with E-state index in [-0.39, 0.29) is 41.5 Å². The Hall–Kier alpha value is -2.95. The first-order chi connectivity index (χ1) is 21.2. The van der Waals surface area contributed by atoms with Gasteiger partial charge in [-0.05, 0) is 57.8 Å². The van der Waals surface area contributed by atoms with Gasteiger partial charge in [-0.2, -0.15) is 0 Å². The maximum Gasteiger partial charge on any atom is 0.246 e. The number of nitrogens with zero attached hydrogens (tertiary/aromatic N) is 4. The largest absolute Gasteiger partial charge is 0.390 e. The van der Waals surface area contributed by atoms with Crippen LogP contribution in [0.15, 0.2) is 12.2 Å². The van der Waals surface area contributed by atoms with Crippen LogP contribution in [0.1, 0.15) is 95.4 Å². The van der Waals surface area contributed by atoms with Gasteiger partial charge < -0.3 is 30.0 Å². The quantitative estimate of drug-likeness (QED) is 0.218. The summed E-state index contributed by atoms with van der Waals surface area (Å²) in [6.07, 6.45) is 3.67. The highest BCUT2D eigenvalue weighted by molar-refractivity contribution is 5.96. The number of hydrogen-bond acceptors (Lipinski definition) is 6. The van der Waals surface area contributed by atoms with Gasteiger partial charge in [-0.15, -0.1) is 0 Å². The third-order valence-electron chi connectivity index (χ3n) is 8.77. The van der Waals surface area contributed by atoms with Crippen LogP contribution in [0.3, 0.4) is 0 Å². The molecule has 0 aliphatic rings.